The van der Waals surface area contributed by atoms with Crippen LogP contribution in [0.25, 0.3) is 0 Å². The summed E-state index contributed by atoms with van der Waals surface area (Å²) in [7, 11) is -1.41. The van der Waals surface area contributed by atoms with Gasteiger partial charge < -0.3 is 4.52 Å². The highest BCUT2D eigenvalue weighted by molar-refractivity contribution is 7.47. The summed E-state index contributed by atoms with van der Waals surface area (Å²) in [4.78, 5) is 0. The second kappa shape index (κ2) is 6.89. The van der Waals surface area contributed by atoms with Crippen molar-refractivity contribution in [1.29, 1.82) is 0 Å². The van der Waals surface area contributed by atoms with Crippen molar-refractivity contribution in [3.8, 4) is 0 Å². The van der Waals surface area contributed by atoms with Gasteiger partial charge in [0, 0.05) is 5.92 Å². The third-order valence-electron chi connectivity index (χ3n) is 4.59. The normalized spacial score (nSPS) is 25.3. The lowest BCUT2D eigenvalue weighted by molar-refractivity contribution is 0.0145. The average molecular weight is 314 g/mol. The van der Waals surface area contributed by atoms with Gasteiger partial charge in [-0.3, -0.25) is 11.0 Å². The van der Waals surface area contributed by atoms with E-state index in [0.29, 0.717) is 5.92 Å². The molecule has 1 saturated carbocycles. The fourth-order valence-corrected chi connectivity index (χ4v) is 4.38. The molecule has 0 aliphatic heterocycles. The molecule has 116 valence electrons. The van der Waals surface area contributed by atoms with Crippen molar-refractivity contribution in [3.63, 3.8) is 0 Å². The Morgan fingerprint density at radius 1 is 0.909 bits per heavy atom. The first-order valence-electron chi connectivity index (χ1n) is 7.81. The number of hydrogen-bond donors (Lipinski definition) is 2. The van der Waals surface area contributed by atoms with Gasteiger partial charge in [0.05, 0.1) is 0 Å². The lowest BCUT2D eigenvalue weighted by Crippen LogP contribution is -2.39. The van der Waals surface area contributed by atoms with Crippen molar-refractivity contribution in [2.24, 2.45) is 11.0 Å². The summed E-state index contributed by atoms with van der Waals surface area (Å²) < 4.78 is 6.25. The lowest BCUT2D eigenvalue weighted by atomic mass is 9.69. The Bertz CT molecular complexity index is 591. The van der Waals surface area contributed by atoms with E-state index in [9.17, 15) is 0 Å². The standard InChI is InChI=1S/C18H23N2OP/c19-22(20)21-18(16-11-5-2-6-12-16)14-8-7-13-17(18)15-9-3-1-4-10-15/h1-6,9-12,17H,7-8,13-14,19-20H2. The Morgan fingerprint density at radius 2 is 1.55 bits per heavy atom. The fourth-order valence-electron chi connectivity index (χ4n) is 3.68. The second-order valence-corrected chi connectivity index (χ2v) is 6.82. The molecule has 1 fully saturated rings. The van der Waals surface area contributed by atoms with E-state index in [2.05, 4.69) is 54.6 Å². The summed E-state index contributed by atoms with van der Waals surface area (Å²) >= 11 is 0. The molecule has 0 amide bonds. The molecule has 2 unspecified atom stereocenters. The third-order valence-corrected chi connectivity index (χ3v) is 5.12. The van der Waals surface area contributed by atoms with Crippen LogP contribution < -0.4 is 11.0 Å². The van der Waals surface area contributed by atoms with E-state index >= 15 is 0 Å². The Balaban J connectivity index is 2.08. The molecule has 4 N–H and O–H groups in total. The summed E-state index contributed by atoms with van der Waals surface area (Å²) in [6.45, 7) is 0. The van der Waals surface area contributed by atoms with Gasteiger partial charge in [0.15, 0.2) is 8.45 Å². The SMILES string of the molecule is NP(N)OC1(c2ccccc2)CCCCC1c1ccccc1. The Hall–Kier alpha value is -1.25. The van der Waals surface area contributed by atoms with Gasteiger partial charge in [0.1, 0.15) is 5.60 Å². The van der Waals surface area contributed by atoms with Gasteiger partial charge in [0.25, 0.3) is 0 Å². The van der Waals surface area contributed by atoms with Crippen LogP contribution in [0.2, 0.25) is 0 Å². The van der Waals surface area contributed by atoms with Crippen LogP contribution >= 0.6 is 8.45 Å². The van der Waals surface area contributed by atoms with E-state index in [1.165, 1.54) is 17.5 Å². The Kier molecular flexibility index (Phi) is 4.90. The van der Waals surface area contributed by atoms with Gasteiger partial charge in [-0.2, -0.15) is 0 Å². The maximum absolute atomic E-state index is 6.25. The van der Waals surface area contributed by atoms with E-state index in [-0.39, 0.29) is 0 Å². The van der Waals surface area contributed by atoms with Crippen LogP contribution in [0.3, 0.4) is 0 Å². The minimum Gasteiger partial charge on any atom is -0.320 e. The zero-order valence-electron chi connectivity index (χ0n) is 12.7. The summed E-state index contributed by atoms with van der Waals surface area (Å²) in [5, 5.41) is 0. The van der Waals surface area contributed by atoms with Crippen molar-refractivity contribution >= 4 is 8.45 Å². The topological polar surface area (TPSA) is 61.3 Å². The van der Waals surface area contributed by atoms with Crippen molar-refractivity contribution in [3.05, 3.63) is 71.8 Å². The van der Waals surface area contributed by atoms with Crippen molar-refractivity contribution in [2.75, 3.05) is 0 Å². The summed E-state index contributed by atoms with van der Waals surface area (Å²) in [5.41, 5.74) is 13.9. The van der Waals surface area contributed by atoms with Crippen molar-refractivity contribution < 1.29 is 4.52 Å². The average Bonchev–Trinajstić information content (AvgIpc) is 2.56. The smallest absolute Gasteiger partial charge is 0.177 e. The summed E-state index contributed by atoms with van der Waals surface area (Å²) in [6.07, 6.45) is 4.41. The number of benzene rings is 2. The lowest BCUT2D eigenvalue weighted by Gasteiger charge is -2.45. The molecule has 0 spiro atoms. The van der Waals surface area contributed by atoms with Gasteiger partial charge >= 0.3 is 0 Å². The molecule has 3 nitrogen and oxygen atoms in total. The van der Waals surface area contributed by atoms with Gasteiger partial charge in [-0.05, 0) is 24.0 Å². The highest BCUT2D eigenvalue weighted by Crippen LogP contribution is 2.53. The predicted molar refractivity (Wildman–Crippen MR) is 92.2 cm³/mol. The van der Waals surface area contributed by atoms with Crippen LogP contribution in [0, 0.1) is 0 Å². The first kappa shape index (κ1) is 15.6. The van der Waals surface area contributed by atoms with E-state index < -0.39 is 14.1 Å². The molecule has 1 aliphatic carbocycles. The summed E-state index contributed by atoms with van der Waals surface area (Å²) in [6, 6.07) is 21.0. The highest BCUT2D eigenvalue weighted by atomic mass is 31.2. The molecule has 0 aromatic heterocycles. The molecular weight excluding hydrogens is 291 g/mol. The zero-order chi connectivity index (χ0) is 15.4. The number of rotatable bonds is 4. The largest absolute Gasteiger partial charge is 0.320 e. The van der Waals surface area contributed by atoms with Gasteiger partial charge in [-0.1, -0.05) is 73.5 Å². The minimum atomic E-state index is -1.41. The van der Waals surface area contributed by atoms with Gasteiger partial charge in [0.2, 0.25) is 0 Å². The molecule has 4 heteroatoms. The number of nitrogens with two attached hydrogens (primary N) is 2. The van der Waals surface area contributed by atoms with E-state index in [1.807, 2.05) is 6.07 Å². The Labute approximate surface area is 133 Å². The van der Waals surface area contributed by atoms with Crippen LogP contribution in [0.15, 0.2) is 60.7 Å². The first-order valence-corrected chi connectivity index (χ1v) is 9.21. The molecule has 2 atom stereocenters. The van der Waals surface area contributed by atoms with Gasteiger partial charge in [-0.25, -0.2) is 0 Å². The molecule has 1 aliphatic rings. The van der Waals surface area contributed by atoms with Crippen molar-refractivity contribution in [1.82, 2.24) is 0 Å². The maximum atomic E-state index is 6.25. The molecule has 22 heavy (non-hydrogen) atoms. The minimum absolute atomic E-state index is 0.293. The van der Waals surface area contributed by atoms with Crippen LogP contribution in [0.4, 0.5) is 0 Å². The van der Waals surface area contributed by atoms with E-state index in [0.717, 1.165) is 19.3 Å². The van der Waals surface area contributed by atoms with E-state index in [4.69, 9.17) is 15.5 Å². The monoisotopic (exact) mass is 314 g/mol. The second-order valence-electron chi connectivity index (χ2n) is 5.92. The molecule has 0 saturated heterocycles. The molecule has 0 bridgehead atoms. The van der Waals surface area contributed by atoms with Crippen molar-refractivity contribution in [2.45, 2.75) is 37.2 Å². The molecule has 0 heterocycles. The fraction of sp³-hybridized carbons (Fsp3) is 0.333. The van der Waals surface area contributed by atoms with E-state index in [1.54, 1.807) is 0 Å². The third kappa shape index (κ3) is 3.09. The predicted octanol–water partition coefficient (Wildman–Crippen LogP) is 4.40. The van der Waals surface area contributed by atoms with Crippen LogP contribution in [0.5, 0.6) is 0 Å². The molecular formula is C18H23N2OP. The van der Waals surface area contributed by atoms with Crippen LogP contribution in [-0.4, -0.2) is 0 Å². The van der Waals surface area contributed by atoms with Gasteiger partial charge in [-0.15, -0.1) is 0 Å². The quantitative estimate of drug-likeness (QED) is 0.822. The molecule has 2 aromatic rings. The Morgan fingerprint density at radius 3 is 2.18 bits per heavy atom. The number of hydrogen-bond acceptors (Lipinski definition) is 3. The molecule has 3 rings (SSSR count). The maximum Gasteiger partial charge on any atom is 0.177 e. The summed E-state index contributed by atoms with van der Waals surface area (Å²) in [5.74, 6) is 0.293. The molecule has 2 aromatic carbocycles. The first-order chi connectivity index (χ1) is 10.7. The van der Waals surface area contributed by atoms with Crippen LogP contribution in [-0.2, 0) is 10.1 Å². The highest BCUT2D eigenvalue weighted by Gasteiger charge is 2.45. The molecule has 0 radical (unpaired) electrons. The zero-order valence-corrected chi connectivity index (χ0v) is 13.6. The van der Waals surface area contributed by atoms with Crippen LogP contribution in [0.1, 0.15) is 42.7 Å².